The van der Waals surface area contributed by atoms with Crippen LogP contribution in [0.15, 0.2) is 12.1 Å². The molecule has 3 N–H and O–H groups in total. The van der Waals surface area contributed by atoms with E-state index in [4.69, 9.17) is 5.84 Å². The van der Waals surface area contributed by atoms with Crippen LogP contribution in [0.3, 0.4) is 0 Å². The van der Waals surface area contributed by atoms with Gasteiger partial charge in [-0.15, -0.1) is 0 Å². The van der Waals surface area contributed by atoms with Crippen LogP contribution in [0.5, 0.6) is 0 Å². The molecule has 0 aliphatic heterocycles. The highest BCUT2D eigenvalue weighted by molar-refractivity contribution is 6.43. The minimum atomic E-state index is -0.776. The zero-order valence-electron chi connectivity index (χ0n) is 9.76. The molecule has 0 aromatic heterocycles. The maximum atomic E-state index is 11.8. The van der Waals surface area contributed by atoms with E-state index in [1.807, 2.05) is 38.3 Å². The number of benzene rings is 1. The molecule has 0 unspecified atom stereocenters. The van der Waals surface area contributed by atoms with Crippen LogP contribution in [0.4, 0.5) is 0 Å². The molecule has 0 saturated carbocycles. The van der Waals surface area contributed by atoms with Gasteiger partial charge in [-0.1, -0.05) is 24.6 Å². The largest absolute Gasteiger partial charge is 0.306 e. The van der Waals surface area contributed by atoms with E-state index >= 15 is 0 Å². The monoisotopic (exact) mass is 220 g/mol. The molecule has 16 heavy (non-hydrogen) atoms. The quantitative estimate of drug-likeness (QED) is 0.263. The number of carbonyl (C=O) groups is 2. The van der Waals surface area contributed by atoms with Crippen molar-refractivity contribution in [3.05, 3.63) is 34.4 Å². The van der Waals surface area contributed by atoms with Gasteiger partial charge in [-0.2, -0.15) is 0 Å². The lowest BCUT2D eigenvalue weighted by molar-refractivity contribution is -0.117. The predicted molar refractivity (Wildman–Crippen MR) is 62.0 cm³/mol. The second-order valence-electron chi connectivity index (χ2n) is 3.77. The molecule has 0 spiro atoms. The maximum absolute atomic E-state index is 11.8. The summed E-state index contributed by atoms with van der Waals surface area (Å²) in [5.41, 5.74) is 5.11. The first-order valence-corrected chi connectivity index (χ1v) is 5.16. The number of nitrogens with two attached hydrogens (primary N) is 1. The van der Waals surface area contributed by atoms with Crippen LogP contribution in [0, 0.1) is 13.8 Å². The number of hydrazine groups is 1. The lowest BCUT2D eigenvalue weighted by atomic mass is 9.94. The molecule has 0 heterocycles. The van der Waals surface area contributed by atoms with Crippen molar-refractivity contribution in [3.63, 3.8) is 0 Å². The first kappa shape index (κ1) is 12.4. The van der Waals surface area contributed by atoms with Crippen molar-refractivity contribution in [2.45, 2.75) is 27.2 Å². The summed E-state index contributed by atoms with van der Waals surface area (Å²) >= 11 is 0. The molecule has 4 nitrogen and oxygen atoms in total. The van der Waals surface area contributed by atoms with Crippen molar-refractivity contribution < 1.29 is 9.59 Å². The van der Waals surface area contributed by atoms with E-state index < -0.39 is 11.7 Å². The molecule has 0 fully saturated rings. The van der Waals surface area contributed by atoms with Crippen molar-refractivity contribution in [1.29, 1.82) is 0 Å². The highest BCUT2D eigenvalue weighted by atomic mass is 16.2. The Labute approximate surface area is 94.8 Å². The first-order valence-electron chi connectivity index (χ1n) is 5.16. The molecular formula is C12H16N2O2. The number of hydrogen-bond acceptors (Lipinski definition) is 3. The van der Waals surface area contributed by atoms with Gasteiger partial charge >= 0.3 is 5.91 Å². The molecule has 0 aliphatic carbocycles. The summed E-state index contributed by atoms with van der Waals surface area (Å²) in [6, 6.07) is 3.81. The summed E-state index contributed by atoms with van der Waals surface area (Å²) in [7, 11) is 0. The molecule has 0 atom stereocenters. The van der Waals surface area contributed by atoms with E-state index in [0.717, 1.165) is 16.7 Å². The van der Waals surface area contributed by atoms with Crippen LogP contribution >= 0.6 is 0 Å². The van der Waals surface area contributed by atoms with Gasteiger partial charge in [0.2, 0.25) is 0 Å². The van der Waals surface area contributed by atoms with Crippen molar-refractivity contribution >= 4 is 11.7 Å². The zero-order chi connectivity index (χ0) is 12.3. The van der Waals surface area contributed by atoms with Crippen molar-refractivity contribution in [3.8, 4) is 0 Å². The van der Waals surface area contributed by atoms with Gasteiger partial charge in [-0.3, -0.25) is 15.0 Å². The third kappa shape index (κ3) is 2.28. The fourth-order valence-electron chi connectivity index (χ4n) is 1.84. The third-order valence-electron chi connectivity index (χ3n) is 2.51. The summed E-state index contributed by atoms with van der Waals surface area (Å²) in [4.78, 5) is 23.0. The van der Waals surface area contributed by atoms with Crippen LogP contribution in [0.1, 0.15) is 34.0 Å². The highest BCUT2D eigenvalue weighted by Crippen LogP contribution is 2.18. The van der Waals surface area contributed by atoms with Gasteiger partial charge in [0.05, 0.1) is 0 Å². The van der Waals surface area contributed by atoms with Crippen LogP contribution in [0.2, 0.25) is 0 Å². The number of carbonyl (C=O) groups excluding carboxylic acids is 2. The fraction of sp³-hybridized carbons (Fsp3) is 0.333. The Morgan fingerprint density at radius 3 is 2.44 bits per heavy atom. The van der Waals surface area contributed by atoms with Gasteiger partial charge in [0.25, 0.3) is 5.78 Å². The van der Waals surface area contributed by atoms with Crippen molar-refractivity contribution in [1.82, 2.24) is 5.43 Å². The molecule has 0 radical (unpaired) electrons. The lowest BCUT2D eigenvalue weighted by Gasteiger charge is -2.10. The van der Waals surface area contributed by atoms with Gasteiger partial charge in [-0.05, 0) is 31.4 Å². The van der Waals surface area contributed by atoms with Gasteiger partial charge in [0.15, 0.2) is 0 Å². The van der Waals surface area contributed by atoms with Crippen molar-refractivity contribution in [2.75, 3.05) is 0 Å². The summed E-state index contributed by atoms with van der Waals surface area (Å²) in [6.07, 6.45) is 0.710. The standard InChI is InChI=1S/C12H16N2O2/c1-4-9-6-7(2)5-8(3)10(9)11(15)12(16)14-13/h5-6H,4,13H2,1-3H3,(H,14,16). The predicted octanol–water partition coefficient (Wildman–Crippen LogP) is 1.04. The number of aryl methyl sites for hydroxylation is 3. The van der Waals surface area contributed by atoms with Crippen molar-refractivity contribution in [2.24, 2.45) is 5.84 Å². The third-order valence-corrected chi connectivity index (χ3v) is 2.51. The van der Waals surface area contributed by atoms with E-state index in [0.29, 0.717) is 12.0 Å². The van der Waals surface area contributed by atoms with E-state index in [1.165, 1.54) is 0 Å². The lowest BCUT2D eigenvalue weighted by Crippen LogP contribution is -2.37. The second-order valence-corrected chi connectivity index (χ2v) is 3.77. The Morgan fingerprint density at radius 2 is 1.94 bits per heavy atom. The molecule has 0 bridgehead atoms. The zero-order valence-corrected chi connectivity index (χ0v) is 9.76. The van der Waals surface area contributed by atoms with E-state index in [2.05, 4.69) is 0 Å². The van der Waals surface area contributed by atoms with E-state index in [-0.39, 0.29) is 0 Å². The Morgan fingerprint density at radius 1 is 1.31 bits per heavy atom. The molecule has 1 aromatic rings. The van der Waals surface area contributed by atoms with E-state index in [1.54, 1.807) is 0 Å². The number of ketones is 1. The Hall–Kier alpha value is -1.68. The summed E-state index contributed by atoms with van der Waals surface area (Å²) < 4.78 is 0. The molecule has 0 saturated heterocycles. The average molecular weight is 220 g/mol. The molecule has 86 valence electrons. The van der Waals surface area contributed by atoms with Gasteiger partial charge in [0.1, 0.15) is 0 Å². The number of nitrogens with one attached hydrogen (secondary N) is 1. The number of hydrogen-bond donors (Lipinski definition) is 2. The maximum Gasteiger partial charge on any atom is 0.306 e. The number of amides is 1. The van der Waals surface area contributed by atoms with E-state index in [9.17, 15) is 9.59 Å². The van der Waals surface area contributed by atoms with Crippen LogP contribution < -0.4 is 11.3 Å². The van der Waals surface area contributed by atoms with Crippen LogP contribution in [0.25, 0.3) is 0 Å². The number of Topliss-reactive ketones (excluding diaryl/α,β-unsaturated/α-hetero) is 1. The smallest absolute Gasteiger partial charge is 0.287 e. The molecule has 1 rings (SSSR count). The SMILES string of the molecule is CCc1cc(C)cc(C)c1C(=O)C(=O)NN. The minimum absolute atomic E-state index is 0.469. The molecule has 4 heteroatoms. The summed E-state index contributed by atoms with van der Waals surface area (Å²) in [5, 5.41) is 0. The second kappa shape index (κ2) is 4.90. The summed E-state index contributed by atoms with van der Waals surface area (Å²) in [6.45, 7) is 5.73. The Balaban J connectivity index is 3.32. The minimum Gasteiger partial charge on any atom is -0.287 e. The molecular weight excluding hydrogens is 204 g/mol. The average Bonchev–Trinajstić information content (AvgIpc) is 2.26. The van der Waals surface area contributed by atoms with Crippen LogP contribution in [-0.4, -0.2) is 11.7 Å². The van der Waals surface area contributed by atoms with Gasteiger partial charge < -0.3 is 0 Å². The summed E-state index contributed by atoms with van der Waals surface area (Å²) in [5.74, 6) is 3.61. The Kier molecular flexibility index (Phi) is 3.79. The fourth-order valence-corrected chi connectivity index (χ4v) is 1.84. The van der Waals surface area contributed by atoms with Crippen LogP contribution in [-0.2, 0) is 11.2 Å². The highest BCUT2D eigenvalue weighted by Gasteiger charge is 2.20. The van der Waals surface area contributed by atoms with Gasteiger partial charge in [-0.25, -0.2) is 5.84 Å². The Bertz CT molecular complexity index is 439. The topological polar surface area (TPSA) is 72.2 Å². The molecule has 0 aliphatic rings. The number of rotatable bonds is 3. The molecule has 1 aromatic carbocycles. The molecule has 1 amide bonds. The normalized spacial score (nSPS) is 10.0. The first-order chi connectivity index (χ1) is 7.51. The van der Waals surface area contributed by atoms with Gasteiger partial charge in [0, 0.05) is 5.56 Å².